The van der Waals surface area contributed by atoms with Crippen LogP contribution in [0.15, 0.2) is 30.3 Å². The molecule has 1 aromatic rings. The van der Waals surface area contributed by atoms with Crippen LogP contribution in [-0.4, -0.2) is 25.2 Å². The predicted molar refractivity (Wildman–Crippen MR) is 83.7 cm³/mol. The molecular weight excluding hydrogens is 232 g/mol. The molecule has 1 N–H and O–H groups in total. The molecule has 0 saturated carbocycles. The normalized spacial score (nSPS) is 20.3. The summed E-state index contributed by atoms with van der Waals surface area (Å²) in [4.78, 5) is 2.51. The van der Waals surface area contributed by atoms with E-state index in [1.807, 2.05) is 0 Å². The topological polar surface area (TPSA) is 15.3 Å². The van der Waals surface area contributed by atoms with Gasteiger partial charge in [-0.3, -0.25) is 0 Å². The van der Waals surface area contributed by atoms with Gasteiger partial charge in [0, 0.05) is 30.9 Å². The third-order valence-electron chi connectivity index (χ3n) is 4.61. The van der Waals surface area contributed by atoms with E-state index in [0.29, 0.717) is 12.1 Å². The molecule has 1 heterocycles. The second-order valence-electron chi connectivity index (χ2n) is 5.94. The summed E-state index contributed by atoms with van der Waals surface area (Å²) >= 11 is 0. The molecule has 0 amide bonds. The van der Waals surface area contributed by atoms with Gasteiger partial charge in [0.15, 0.2) is 0 Å². The molecule has 19 heavy (non-hydrogen) atoms. The molecule has 0 bridgehead atoms. The van der Waals surface area contributed by atoms with E-state index in [9.17, 15) is 0 Å². The van der Waals surface area contributed by atoms with Crippen molar-refractivity contribution in [3.05, 3.63) is 30.3 Å². The van der Waals surface area contributed by atoms with Crippen molar-refractivity contribution in [3.63, 3.8) is 0 Å². The van der Waals surface area contributed by atoms with Crippen LogP contribution in [0, 0.1) is 5.92 Å². The quantitative estimate of drug-likeness (QED) is 0.869. The van der Waals surface area contributed by atoms with Crippen LogP contribution in [0.2, 0.25) is 0 Å². The van der Waals surface area contributed by atoms with Gasteiger partial charge in [-0.25, -0.2) is 0 Å². The number of benzene rings is 1. The minimum atomic E-state index is 0.637. The molecule has 0 spiro atoms. The van der Waals surface area contributed by atoms with E-state index in [1.54, 1.807) is 0 Å². The molecule has 0 aromatic heterocycles. The number of piperidine rings is 1. The maximum Gasteiger partial charge on any atom is 0.0366 e. The van der Waals surface area contributed by atoms with Crippen LogP contribution in [0.5, 0.6) is 0 Å². The van der Waals surface area contributed by atoms with E-state index in [1.165, 1.54) is 38.0 Å². The molecule has 1 aliphatic heterocycles. The molecule has 1 aromatic carbocycles. The van der Waals surface area contributed by atoms with Crippen molar-refractivity contribution in [2.45, 2.75) is 52.1 Å². The first-order valence-corrected chi connectivity index (χ1v) is 7.76. The summed E-state index contributed by atoms with van der Waals surface area (Å²) in [6, 6.07) is 12.1. The van der Waals surface area contributed by atoms with Crippen molar-refractivity contribution in [2.24, 2.45) is 5.92 Å². The van der Waals surface area contributed by atoms with Crippen LogP contribution >= 0.6 is 0 Å². The van der Waals surface area contributed by atoms with Crippen molar-refractivity contribution in [1.29, 1.82) is 0 Å². The summed E-state index contributed by atoms with van der Waals surface area (Å²) in [7, 11) is 0. The monoisotopic (exact) mass is 260 g/mol. The van der Waals surface area contributed by atoms with Gasteiger partial charge in [-0.2, -0.15) is 0 Å². The van der Waals surface area contributed by atoms with Crippen molar-refractivity contribution >= 4 is 5.69 Å². The minimum Gasteiger partial charge on any atom is -0.371 e. The maximum atomic E-state index is 3.81. The minimum absolute atomic E-state index is 0.637. The fourth-order valence-corrected chi connectivity index (χ4v) is 2.83. The Labute approximate surface area is 118 Å². The molecule has 2 rings (SSSR count). The molecule has 0 radical (unpaired) electrons. The van der Waals surface area contributed by atoms with E-state index < -0.39 is 0 Å². The van der Waals surface area contributed by atoms with E-state index in [4.69, 9.17) is 0 Å². The summed E-state index contributed by atoms with van der Waals surface area (Å²) in [6.07, 6.45) is 3.78. The molecular formula is C17H28N2. The highest BCUT2D eigenvalue weighted by molar-refractivity contribution is 5.46. The first kappa shape index (κ1) is 14.4. The molecule has 1 aliphatic rings. The molecule has 1 saturated heterocycles. The fraction of sp³-hybridized carbons (Fsp3) is 0.647. The summed E-state index contributed by atoms with van der Waals surface area (Å²) in [5.74, 6) is 0.771. The lowest BCUT2D eigenvalue weighted by Gasteiger charge is -2.36. The number of hydrogen-bond acceptors (Lipinski definition) is 2. The number of hydrogen-bond donors (Lipinski definition) is 1. The number of rotatable bonds is 5. The van der Waals surface area contributed by atoms with Gasteiger partial charge in [-0.1, -0.05) is 38.5 Å². The van der Waals surface area contributed by atoms with Crippen LogP contribution in [0.3, 0.4) is 0 Å². The van der Waals surface area contributed by atoms with Crippen molar-refractivity contribution < 1.29 is 0 Å². The second-order valence-corrected chi connectivity index (χ2v) is 5.94. The zero-order chi connectivity index (χ0) is 13.7. The second kappa shape index (κ2) is 6.95. The van der Waals surface area contributed by atoms with Gasteiger partial charge >= 0.3 is 0 Å². The predicted octanol–water partition coefficient (Wildman–Crippen LogP) is 3.68. The highest BCUT2D eigenvalue weighted by atomic mass is 15.1. The highest BCUT2D eigenvalue weighted by Crippen LogP contribution is 2.20. The van der Waals surface area contributed by atoms with Crippen molar-refractivity contribution in [2.75, 3.05) is 18.0 Å². The first-order valence-electron chi connectivity index (χ1n) is 7.76. The van der Waals surface area contributed by atoms with Crippen LogP contribution in [0.4, 0.5) is 5.69 Å². The van der Waals surface area contributed by atoms with Gasteiger partial charge in [0.05, 0.1) is 0 Å². The fourth-order valence-electron chi connectivity index (χ4n) is 2.83. The van der Waals surface area contributed by atoms with E-state index >= 15 is 0 Å². The molecule has 2 atom stereocenters. The summed E-state index contributed by atoms with van der Waals surface area (Å²) in [6.45, 7) is 9.30. The Morgan fingerprint density at radius 1 is 1.16 bits per heavy atom. The average Bonchev–Trinajstić information content (AvgIpc) is 2.48. The van der Waals surface area contributed by atoms with Crippen molar-refractivity contribution in [1.82, 2.24) is 5.32 Å². The van der Waals surface area contributed by atoms with Crippen LogP contribution in [0.1, 0.15) is 40.0 Å². The summed E-state index contributed by atoms with van der Waals surface area (Å²) < 4.78 is 0. The Balaban J connectivity index is 1.80. The Hall–Kier alpha value is -1.02. The third-order valence-corrected chi connectivity index (χ3v) is 4.61. The van der Waals surface area contributed by atoms with Gasteiger partial charge in [-0.15, -0.1) is 0 Å². The SMILES string of the molecule is CCC(C)C(C)NC1CCN(c2ccccc2)CC1. The zero-order valence-corrected chi connectivity index (χ0v) is 12.6. The highest BCUT2D eigenvalue weighted by Gasteiger charge is 2.21. The van der Waals surface area contributed by atoms with Crippen LogP contribution in [-0.2, 0) is 0 Å². The number of nitrogens with zero attached hydrogens (tertiary/aromatic N) is 1. The lowest BCUT2D eigenvalue weighted by Crippen LogP contribution is -2.47. The smallest absolute Gasteiger partial charge is 0.0366 e. The average molecular weight is 260 g/mol. The number of nitrogens with one attached hydrogen (secondary N) is 1. The van der Waals surface area contributed by atoms with E-state index in [0.717, 1.165) is 5.92 Å². The van der Waals surface area contributed by atoms with Gasteiger partial charge < -0.3 is 10.2 Å². The number of anilines is 1. The van der Waals surface area contributed by atoms with Gasteiger partial charge in [0.2, 0.25) is 0 Å². The molecule has 1 fully saturated rings. The van der Waals surface area contributed by atoms with Crippen molar-refractivity contribution in [3.8, 4) is 0 Å². The Morgan fingerprint density at radius 3 is 2.37 bits per heavy atom. The third kappa shape index (κ3) is 3.97. The van der Waals surface area contributed by atoms with E-state index in [2.05, 4.69) is 61.3 Å². The van der Waals surface area contributed by atoms with Crippen LogP contribution in [0.25, 0.3) is 0 Å². The Kier molecular flexibility index (Phi) is 5.26. The number of para-hydroxylation sites is 1. The molecule has 106 valence electrons. The van der Waals surface area contributed by atoms with Gasteiger partial charge in [0.1, 0.15) is 0 Å². The molecule has 2 heteroatoms. The summed E-state index contributed by atoms with van der Waals surface area (Å²) in [5.41, 5.74) is 1.37. The molecule has 2 nitrogen and oxygen atoms in total. The molecule has 2 unspecified atom stereocenters. The maximum absolute atomic E-state index is 3.81. The Bertz CT molecular complexity index is 355. The Morgan fingerprint density at radius 2 is 1.79 bits per heavy atom. The van der Waals surface area contributed by atoms with Gasteiger partial charge in [0.25, 0.3) is 0 Å². The zero-order valence-electron chi connectivity index (χ0n) is 12.6. The van der Waals surface area contributed by atoms with Crippen LogP contribution < -0.4 is 10.2 Å². The standard InChI is InChI=1S/C17H28N2/c1-4-14(2)15(3)18-16-10-12-19(13-11-16)17-8-6-5-7-9-17/h5-9,14-16,18H,4,10-13H2,1-3H3. The largest absolute Gasteiger partial charge is 0.371 e. The van der Waals surface area contributed by atoms with E-state index in [-0.39, 0.29) is 0 Å². The van der Waals surface area contributed by atoms with Gasteiger partial charge in [-0.05, 0) is 37.8 Å². The first-order chi connectivity index (χ1) is 9.20. The summed E-state index contributed by atoms with van der Waals surface area (Å²) in [5, 5.41) is 3.81. The lowest BCUT2D eigenvalue weighted by molar-refractivity contribution is 0.315. The molecule has 0 aliphatic carbocycles. The lowest BCUT2D eigenvalue weighted by atomic mass is 9.97.